The van der Waals surface area contributed by atoms with Crippen LogP contribution in [0.3, 0.4) is 0 Å². The molecule has 1 aromatic heterocycles. The molecule has 7 nitrogen and oxygen atoms in total. The highest BCUT2D eigenvalue weighted by Crippen LogP contribution is 2.18. The molecule has 2 aromatic carbocycles. The minimum absolute atomic E-state index is 0.0651. The number of para-hydroxylation sites is 2. The van der Waals surface area contributed by atoms with Gasteiger partial charge >= 0.3 is 0 Å². The number of amides is 2. The van der Waals surface area contributed by atoms with Crippen LogP contribution in [0.4, 0.5) is 10.1 Å². The van der Waals surface area contributed by atoms with E-state index in [2.05, 4.69) is 15.6 Å². The third-order valence-corrected chi connectivity index (χ3v) is 5.26. The van der Waals surface area contributed by atoms with E-state index in [4.69, 9.17) is 4.74 Å². The molecule has 1 atom stereocenters. The van der Waals surface area contributed by atoms with Gasteiger partial charge in [-0.2, -0.15) is 0 Å². The standard InChI is InChI=1S/C23H25FN4O3/c24-16-9-11-17(12-10-16)26-22(29)15-28-19-6-2-1-5-18(19)27-21(28)8-3-13-25-23(30)20-7-4-14-31-20/h1-2,5-6,9-12,20H,3-4,7-8,13-15H2,(H,25,30)(H,26,29). The topological polar surface area (TPSA) is 85.2 Å². The Bertz CT molecular complexity index is 1060. The van der Waals surface area contributed by atoms with Crippen LogP contribution in [-0.2, 0) is 27.3 Å². The monoisotopic (exact) mass is 424 g/mol. The molecule has 4 rings (SSSR count). The molecule has 1 unspecified atom stereocenters. The largest absolute Gasteiger partial charge is 0.368 e. The molecule has 0 aliphatic carbocycles. The van der Waals surface area contributed by atoms with Crippen LogP contribution in [-0.4, -0.2) is 40.6 Å². The molecule has 0 radical (unpaired) electrons. The average molecular weight is 424 g/mol. The van der Waals surface area contributed by atoms with E-state index in [1.807, 2.05) is 28.8 Å². The highest BCUT2D eigenvalue weighted by molar-refractivity contribution is 5.91. The second-order valence-electron chi connectivity index (χ2n) is 7.55. The number of benzene rings is 2. The predicted molar refractivity (Wildman–Crippen MR) is 115 cm³/mol. The lowest BCUT2D eigenvalue weighted by molar-refractivity contribution is -0.130. The number of nitrogens with zero attached hydrogens (tertiary/aromatic N) is 2. The van der Waals surface area contributed by atoms with Crippen LogP contribution < -0.4 is 10.6 Å². The van der Waals surface area contributed by atoms with E-state index in [9.17, 15) is 14.0 Å². The molecule has 2 heterocycles. The molecule has 0 bridgehead atoms. The fourth-order valence-electron chi connectivity index (χ4n) is 3.73. The molecule has 0 spiro atoms. The van der Waals surface area contributed by atoms with Crippen molar-refractivity contribution in [3.05, 3.63) is 60.2 Å². The van der Waals surface area contributed by atoms with E-state index in [0.717, 1.165) is 29.7 Å². The fraction of sp³-hybridized carbons (Fsp3) is 0.348. The number of hydrogen-bond donors (Lipinski definition) is 2. The van der Waals surface area contributed by atoms with Crippen molar-refractivity contribution in [2.45, 2.75) is 38.3 Å². The summed E-state index contributed by atoms with van der Waals surface area (Å²) in [7, 11) is 0. The number of halogens is 1. The summed E-state index contributed by atoms with van der Waals surface area (Å²) < 4.78 is 20.4. The van der Waals surface area contributed by atoms with Gasteiger partial charge in [-0.05, 0) is 55.7 Å². The first-order valence-electron chi connectivity index (χ1n) is 10.5. The Balaban J connectivity index is 1.39. The summed E-state index contributed by atoms with van der Waals surface area (Å²) in [6.07, 6.45) is 2.66. The average Bonchev–Trinajstić information content (AvgIpc) is 3.42. The van der Waals surface area contributed by atoms with Crippen molar-refractivity contribution in [3.63, 3.8) is 0 Å². The van der Waals surface area contributed by atoms with Gasteiger partial charge in [0.25, 0.3) is 0 Å². The van der Waals surface area contributed by atoms with E-state index < -0.39 is 0 Å². The first kappa shape index (κ1) is 21.0. The number of aromatic nitrogens is 2. The minimum atomic E-state index is -0.354. The number of hydrogen-bond acceptors (Lipinski definition) is 4. The maximum absolute atomic E-state index is 13.1. The Morgan fingerprint density at radius 2 is 1.97 bits per heavy atom. The van der Waals surface area contributed by atoms with Crippen LogP contribution in [0.2, 0.25) is 0 Å². The van der Waals surface area contributed by atoms with Crippen molar-refractivity contribution in [2.75, 3.05) is 18.5 Å². The van der Waals surface area contributed by atoms with Gasteiger partial charge in [0, 0.05) is 25.3 Å². The fourth-order valence-corrected chi connectivity index (χ4v) is 3.73. The third kappa shape index (κ3) is 5.27. The van der Waals surface area contributed by atoms with Gasteiger partial charge in [0.05, 0.1) is 11.0 Å². The number of rotatable bonds is 8. The zero-order chi connectivity index (χ0) is 21.6. The van der Waals surface area contributed by atoms with Crippen LogP contribution in [0.15, 0.2) is 48.5 Å². The first-order valence-corrected chi connectivity index (χ1v) is 10.5. The Hall–Kier alpha value is -3.26. The molecule has 162 valence electrons. The van der Waals surface area contributed by atoms with Gasteiger partial charge in [-0.15, -0.1) is 0 Å². The Kier molecular flexibility index (Phi) is 6.57. The van der Waals surface area contributed by atoms with Gasteiger partial charge < -0.3 is 19.9 Å². The van der Waals surface area contributed by atoms with E-state index in [0.29, 0.717) is 31.7 Å². The quantitative estimate of drug-likeness (QED) is 0.545. The van der Waals surface area contributed by atoms with Gasteiger partial charge in [-0.25, -0.2) is 9.37 Å². The Morgan fingerprint density at radius 1 is 1.16 bits per heavy atom. The number of carbonyl (C=O) groups excluding carboxylic acids is 2. The van der Waals surface area contributed by atoms with E-state index in [-0.39, 0.29) is 30.3 Å². The zero-order valence-electron chi connectivity index (χ0n) is 17.1. The zero-order valence-corrected chi connectivity index (χ0v) is 17.1. The normalized spacial score (nSPS) is 15.8. The van der Waals surface area contributed by atoms with Gasteiger partial charge in [-0.3, -0.25) is 9.59 Å². The molecule has 2 N–H and O–H groups in total. The van der Waals surface area contributed by atoms with Crippen molar-refractivity contribution >= 4 is 28.5 Å². The molecule has 1 aliphatic heterocycles. The number of imidazole rings is 1. The number of fused-ring (bicyclic) bond motifs is 1. The molecular formula is C23H25FN4O3. The summed E-state index contributed by atoms with van der Waals surface area (Å²) in [6.45, 7) is 1.25. The molecule has 1 fully saturated rings. The third-order valence-electron chi connectivity index (χ3n) is 5.26. The van der Waals surface area contributed by atoms with Crippen molar-refractivity contribution < 1.29 is 18.7 Å². The van der Waals surface area contributed by atoms with Gasteiger partial charge in [0.15, 0.2) is 0 Å². The van der Waals surface area contributed by atoms with Gasteiger partial charge in [0.2, 0.25) is 11.8 Å². The van der Waals surface area contributed by atoms with Crippen LogP contribution >= 0.6 is 0 Å². The summed E-state index contributed by atoms with van der Waals surface area (Å²) >= 11 is 0. The highest BCUT2D eigenvalue weighted by atomic mass is 19.1. The lowest BCUT2D eigenvalue weighted by Gasteiger charge is -2.12. The highest BCUT2D eigenvalue weighted by Gasteiger charge is 2.23. The molecule has 0 saturated carbocycles. The number of ether oxygens (including phenoxy) is 1. The summed E-state index contributed by atoms with van der Waals surface area (Å²) in [5.74, 6) is 0.140. The molecule has 2 amide bonds. The molecule has 3 aromatic rings. The van der Waals surface area contributed by atoms with Crippen LogP contribution in [0.25, 0.3) is 11.0 Å². The van der Waals surface area contributed by atoms with Crippen molar-refractivity contribution in [2.24, 2.45) is 0 Å². The van der Waals surface area contributed by atoms with Gasteiger partial charge in [-0.1, -0.05) is 12.1 Å². The molecule has 31 heavy (non-hydrogen) atoms. The summed E-state index contributed by atoms with van der Waals surface area (Å²) in [5.41, 5.74) is 2.22. The maximum atomic E-state index is 13.1. The molecule has 8 heteroatoms. The first-order chi connectivity index (χ1) is 15.1. The second kappa shape index (κ2) is 9.70. The molecule has 1 saturated heterocycles. The maximum Gasteiger partial charge on any atom is 0.249 e. The summed E-state index contributed by atoms with van der Waals surface area (Å²) in [5, 5.41) is 5.70. The SMILES string of the molecule is O=C(Cn1c(CCCNC(=O)C2CCCO2)nc2ccccc21)Nc1ccc(F)cc1. The van der Waals surface area contributed by atoms with Crippen LogP contribution in [0.1, 0.15) is 25.1 Å². The van der Waals surface area contributed by atoms with E-state index in [1.54, 1.807) is 0 Å². The lowest BCUT2D eigenvalue weighted by Crippen LogP contribution is -2.34. The minimum Gasteiger partial charge on any atom is -0.368 e. The van der Waals surface area contributed by atoms with E-state index in [1.165, 1.54) is 24.3 Å². The van der Waals surface area contributed by atoms with Crippen LogP contribution in [0.5, 0.6) is 0 Å². The van der Waals surface area contributed by atoms with E-state index >= 15 is 0 Å². The predicted octanol–water partition coefficient (Wildman–Crippen LogP) is 3.04. The Labute approximate surface area is 179 Å². The second-order valence-corrected chi connectivity index (χ2v) is 7.55. The van der Waals surface area contributed by atoms with Gasteiger partial charge in [0.1, 0.15) is 24.3 Å². The van der Waals surface area contributed by atoms with Crippen molar-refractivity contribution in [1.82, 2.24) is 14.9 Å². The molecular weight excluding hydrogens is 399 g/mol. The number of aryl methyl sites for hydroxylation is 1. The number of anilines is 1. The molecule has 1 aliphatic rings. The van der Waals surface area contributed by atoms with Crippen molar-refractivity contribution in [3.8, 4) is 0 Å². The number of nitrogens with one attached hydrogen (secondary N) is 2. The van der Waals surface area contributed by atoms with Crippen molar-refractivity contribution in [1.29, 1.82) is 0 Å². The summed E-state index contributed by atoms with van der Waals surface area (Å²) in [4.78, 5) is 29.3. The lowest BCUT2D eigenvalue weighted by atomic mass is 10.2. The number of carbonyl (C=O) groups is 2. The summed E-state index contributed by atoms with van der Waals surface area (Å²) in [6, 6.07) is 13.3. The smallest absolute Gasteiger partial charge is 0.249 e. The Morgan fingerprint density at radius 3 is 2.74 bits per heavy atom. The van der Waals surface area contributed by atoms with Crippen LogP contribution in [0, 0.1) is 5.82 Å².